The van der Waals surface area contributed by atoms with Gasteiger partial charge in [-0.3, -0.25) is 37.3 Å². The van der Waals surface area contributed by atoms with Crippen molar-refractivity contribution >= 4 is 39.5 Å². The molecule has 0 aromatic rings. The first-order chi connectivity index (χ1) is 43.5. The number of phosphoric acid groups is 2. The summed E-state index contributed by atoms with van der Waals surface area (Å²) in [5.74, 6) is -1.39. The van der Waals surface area contributed by atoms with Gasteiger partial charge in [-0.25, -0.2) is 9.13 Å². The highest BCUT2D eigenvalue weighted by molar-refractivity contribution is 7.47. The lowest BCUT2D eigenvalue weighted by Gasteiger charge is -2.21. The number of carbonyl (C=O) groups is 4. The Bertz CT molecular complexity index is 1740. The molecule has 0 aromatic carbocycles. The Hall–Kier alpha value is -1.94. The van der Waals surface area contributed by atoms with Crippen molar-refractivity contribution in [2.45, 2.75) is 387 Å². The SMILES string of the molecule is CCCCCCCCCCCCCCCCCCCCC(=O)O[C@H](COC(=O)CCCCCCCCCCCCCCC)COP(=O)(O)OC[C@@H](O)COP(=O)(O)OC[C@@H](COC(=O)CCCCCCCCC)OC(=O)CCCCCCCCCCCC(C)C. The third kappa shape index (κ3) is 64.8. The van der Waals surface area contributed by atoms with Gasteiger partial charge in [0.25, 0.3) is 0 Å². The van der Waals surface area contributed by atoms with Gasteiger partial charge in [0.15, 0.2) is 12.2 Å². The third-order valence-corrected chi connectivity index (χ3v) is 18.4. The highest BCUT2D eigenvalue weighted by atomic mass is 31.2. The monoisotopic (exact) mass is 1320 g/mol. The van der Waals surface area contributed by atoms with Gasteiger partial charge in [-0.2, -0.15) is 0 Å². The van der Waals surface area contributed by atoms with Crippen LogP contribution in [0.2, 0.25) is 0 Å². The molecule has 0 bridgehead atoms. The van der Waals surface area contributed by atoms with Gasteiger partial charge in [0.05, 0.1) is 26.4 Å². The van der Waals surface area contributed by atoms with Crippen LogP contribution in [-0.2, 0) is 65.4 Å². The lowest BCUT2D eigenvalue weighted by atomic mass is 10.0. The molecule has 3 N–H and O–H groups in total. The van der Waals surface area contributed by atoms with Crippen molar-refractivity contribution in [3.8, 4) is 0 Å². The quantitative estimate of drug-likeness (QED) is 0.0222. The van der Waals surface area contributed by atoms with Crippen LogP contribution < -0.4 is 0 Å². The Morgan fingerprint density at radius 2 is 0.511 bits per heavy atom. The maximum absolute atomic E-state index is 13.0. The lowest BCUT2D eigenvalue weighted by Crippen LogP contribution is -2.30. The second kappa shape index (κ2) is 64.4. The van der Waals surface area contributed by atoms with Crippen molar-refractivity contribution in [3.05, 3.63) is 0 Å². The molecule has 0 fully saturated rings. The number of hydrogen-bond donors (Lipinski definition) is 3. The van der Waals surface area contributed by atoms with Gasteiger partial charge >= 0.3 is 39.5 Å². The van der Waals surface area contributed by atoms with E-state index in [1.807, 2.05) is 0 Å². The van der Waals surface area contributed by atoms with E-state index in [4.69, 9.17) is 37.0 Å². The van der Waals surface area contributed by atoms with E-state index in [9.17, 15) is 43.2 Å². The minimum Gasteiger partial charge on any atom is -0.462 e. The maximum Gasteiger partial charge on any atom is 0.472 e. The van der Waals surface area contributed by atoms with Gasteiger partial charge in [-0.15, -0.1) is 0 Å². The summed E-state index contributed by atoms with van der Waals surface area (Å²) >= 11 is 0. The second-order valence-electron chi connectivity index (χ2n) is 26.1. The smallest absolute Gasteiger partial charge is 0.462 e. The molecular weight excluding hydrogens is 1190 g/mol. The fourth-order valence-electron chi connectivity index (χ4n) is 10.8. The number of aliphatic hydroxyl groups excluding tert-OH is 1. The highest BCUT2D eigenvalue weighted by Crippen LogP contribution is 2.45. The number of esters is 4. The minimum atomic E-state index is -4.95. The van der Waals surface area contributed by atoms with Gasteiger partial charge in [0, 0.05) is 25.7 Å². The molecule has 0 heterocycles. The van der Waals surface area contributed by atoms with Crippen molar-refractivity contribution in [3.63, 3.8) is 0 Å². The topological polar surface area (TPSA) is 237 Å². The van der Waals surface area contributed by atoms with Gasteiger partial charge in [-0.05, 0) is 31.6 Å². The molecule has 0 saturated carbocycles. The van der Waals surface area contributed by atoms with Crippen LogP contribution in [0.25, 0.3) is 0 Å². The largest absolute Gasteiger partial charge is 0.472 e. The molecule has 2 unspecified atom stereocenters. The number of aliphatic hydroxyl groups is 1. The van der Waals surface area contributed by atoms with E-state index in [1.54, 1.807) is 0 Å². The normalized spacial score (nSPS) is 14.1. The number of hydrogen-bond acceptors (Lipinski definition) is 15. The van der Waals surface area contributed by atoms with Crippen LogP contribution in [0.3, 0.4) is 0 Å². The molecule has 0 saturated heterocycles. The molecule has 90 heavy (non-hydrogen) atoms. The molecule has 5 atom stereocenters. The first-order valence-corrected chi connectivity index (χ1v) is 40.1. The Balaban J connectivity index is 5.19. The summed E-state index contributed by atoms with van der Waals surface area (Å²) < 4.78 is 68.2. The van der Waals surface area contributed by atoms with E-state index < -0.39 is 97.5 Å². The predicted octanol–water partition coefficient (Wildman–Crippen LogP) is 20.5. The minimum absolute atomic E-state index is 0.105. The Morgan fingerprint density at radius 3 is 0.756 bits per heavy atom. The fourth-order valence-corrected chi connectivity index (χ4v) is 12.4. The molecule has 0 aromatic heterocycles. The molecule has 0 spiro atoms. The van der Waals surface area contributed by atoms with Crippen LogP contribution in [0.15, 0.2) is 0 Å². The molecule has 0 aliphatic heterocycles. The van der Waals surface area contributed by atoms with Crippen molar-refractivity contribution in [2.24, 2.45) is 5.92 Å². The third-order valence-electron chi connectivity index (χ3n) is 16.5. The second-order valence-corrected chi connectivity index (χ2v) is 29.0. The number of rotatable bonds is 71. The first kappa shape index (κ1) is 88.1. The van der Waals surface area contributed by atoms with E-state index in [2.05, 4.69) is 34.6 Å². The van der Waals surface area contributed by atoms with Crippen LogP contribution >= 0.6 is 15.6 Å². The van der Waals surface area contributed by atoms with Crippen LogP contribution in [0, 0.1) is 5.92 Å². The summed E-state index contributed by atoms with van der Waals surface area (Å²) in [5.41, 5.74) is 0. The van der Waals surface area contributed by atoms with E-state index in [-0.39, 0.29) is 25.7 Å². The average molecular weight is 1330 g/mol. The Kier molecular flexibility index (Phi) is 63.0. The molecule has 0 aliphatic rings. The van der Waals surface area contributed by atoms with E-state index in [1.165, 1.54) is 180 Å². The van der Waals surface area contributed by atoms with Crippen LogP contribution in [-0.4, -0.2) is 96.7 Å². The van der Waals surface area contributed by atoms with Crippen LogP contribution in [0.4, 0.5) is 0 Å². The number of phosphoric ester groups is 2. The summed E-state index contributed by atoms with van der Waals surface area (Å²) in [5, 5.41) is 10.6. The standard InChI is InChI=1S/C71H138O17P2/c1-6-9-12-15-18-20-22-24-25-26-27-28-30-32-36-41-46-51-56-70(75)88-67(61-82-69(74)55-50-45-40-35-31-29-23-21-19-16-13-10-7-2)63-86-90(79,80)84-59-65(72)58-83-89(77,78)85-62-66(60-81-68(73)54-49-44-38-17-14-11-8-3)87-71(76)57-52-47-42-37-33-34-39-43-48-53-64(4)5/h64-67,72H,6-63H2,1-5H3,(H,77,78)(H,79,80)/t65-,66+,67+/m0/s1. The molecule has 0 rings (SSSR count). The average Bonchev–Trinajstić information content (AvgIpc) is 3.43. The van der Waals surface area contributed by atoms with E-state index in [0.29, 0.717) is 25.7 Å². The van der Waals surface area contributed by atoms with Gasteiger partial charge in [0.2, 0.25) is 0 Å². The van der Waals surface area contributed by atoms with Gasteiger partial charge in [-0.1, -0.05) is 317 Å². The number of carbonyl (C=O) groups excluding carboxylic acids is 4. The van der Waals surface area contributed by atoms with E-state index >= 15 is 0 Å². The first-order valence-electron chi connectivity index (χ1n) is 37.1. The summed E-state index contributed by atoms with van der Waals surface area (Å²) in [7, 11) is -9.90. The summed E-state index contributed by atoms with van der Waals surface area (Å²) in [6.45, 7) is 7.19. The molecule has 0 amide bonds. The molecule has 534 valence electrons. The molecule has 0 radical (unpaired) electrons. The zero-order valence-corrected chi connectivity index (χ0v) is 60.1. The van der Waals surface area contributed by atoms with Crippen molar-refractivity contribution < 1.29 is 80.2 Å². The number of ether oxygens (including phenoxy) is 4. The van der Waals surface area contributed by atoms with Crippen molar-refractivity contribution in [1.29, 1.82) is 0 Å². The van der Waals surface area contributed by atoms with Crippen LogP contribution in [0.5, 0.6) is 0 Å². The maximum atomic E-state index is 13.0. The number of unbranched alkanes of at least 4 members (excludes halogenated alkanes) is 43. The lowest BCUT2D eigenvalue weighted by molar-refractivity contribution is -0.161. The molecule has 0 aliphatic carbocycles. The zero-order chi connectivity index (χ0) is 66.3. The van der Waals surface area contributed by atoms with Gasteiger partial charge < -0.3 is 33.8 Å². The fraction of sp³-hybridized carbons (Fsp3) is 0.944. The van der Waals surface area contributed by atoms with Crippen molar-refractivity contribution in [1.82, 2.24) is 0 Å². The predicted molar refractivity (Wildman–Crippen MR) is 363 cm³/mol. The Morgan fingerprint density at radius 1 is 0.300 bits per heavy atom. The highest BCUT2D eigenvalue weighted by Gasteiger charge is 2.30. The van der Waals surface area contributed by atoms with Crippen molar-refractivity contribution in [2.75, 3.05) is 39.6 Å². The van der Waals surface area contributed by atoms with Crippen LogP contribution in [0.1, 0.15) is 369 Å². The summed E-state index contributed by atoms with van der Waals surface area (Å²) in [6, 6.07) is 0. The summed E-state index contributed by atoms with van der Waals surface area (Å²) in [4.78, 5) is 72.4. The van der Waals surface area contributed by atoms with Gasteiger partial charge in [0.1, 0.15) is 19.3 Å². The Labute approximate surface area is 549 Å². The van der Waals surface area contributed by atoms with E-state index in [0.717, 1.165) is 109 Å². The summed E-state index contributed by atoms with van der Waals surface area (Å²) in [6.07, 6.45) is 51.5. The molecular formula is C71H138O17P2. The molecule has 17 nitrogen and oxygen atoms in total. The molecule has 19 heteroatoms. The zero-order valence-electron chi connectivity index (χ0n) is 58.3.